The van der Waals surface area contributed by atoms with Crippen molar-refractivity contribution in [1.82, 2.24) is 0 Å². The third kappa shape index (κ3) is 8.15. The molecule has 0 aromatic rings. The van der Waals surface area contributed by atoms with E-state index in [4.69, 9.17) is 28.3 Å². The summed E-state index contributed by atoms with van der Waals surface area (Å²) in [6.07, 6.45) is 3.49. The molecule has 4 heteroatoms. The zero-order chi connectivity index (χ0) is 9.40. The lowest BCUT2D eigenvalue weighted by atomic mass is 10.1. The standard InChI is InChI=1S/C8H14Cl2O2/c9-6-5-7(10)3-1-2-4-8(11)12/h7H,1-6H2,(H,11,12)/t7-/m0/s1. The molecule has 0 saturated carbocycles. The van der Waals surface area contributed by atoms with Crippen LogP contribution in [0.4, 0.5) is 0 Å². The lowest BCUT2D eigenvalue weighted by molar-refractivity contribution is -0.137. The molecule has 2 nitrogen and oxygen atoms in total. The summed E-state index contributed by atoms with van der Waals surface area (Å²) in [5, 5.41) is 8.44. The number of rotatable bonds is 7. The minimum Gasteiger partial charge on any atom is -0.481 e. The molecule has 0 radical (unpaired) electrons. The number of hydrogen-bond donors (Lipinski definition) is 1. The van der Waals surface area contributed by atoms with Crippen LogP contribution in [0.1, 0.15) is 32.1 Å². The molecule has 0 fully saturated rings. The first kappa shape index (κ1) is 12.0. The SMILES string of the molecule is O=C(O)CCCC[C@H](Cl)CCCl. The Morgan fingerprint density at radius 1 is 1.33 bits per heavy atom. The largest absolute Gasteiger partial charge is 0.481 e. The molecule has 0 amide bonds. The molecule has 0 aromatic carbocycles. The van der Waals surface area contributed by atoms with Crippen molar-refractivity contribution in [3.63, 3.8) is 0 Å². The van der Waals surface area contributed by atoms with Crippen LogP contribution in [0.5, 0.6) is 0 Å². The van der Waals surface area contributed by atoms with Crippen LogP contribution < -0.4 is 0 Å². The van der Waals surface area contributed by atoms with Gasteiger partial charge >= 0.3 is 5.97 Å². The molecule has 72 valence electrons. The lowest BCUT2D eigenvalue weighted by Gasteiger charge is -2.05. The molecule has 1 N–H and O–H groups in total. The number of alkyl halides is 2. The van der Waals surface area contributed by atoms with Crippen molar-refractivity contribution in [3.8, 4) is 0 Å². The summed E-state index contributed by atoms with van der Waals surface area (Å²) in [5.41, 5.74) is 0. The molecule has 0 aliphatic heterocycles. The van der Waals surface area contributed by atoms with Crippen molar-refractivity contribution in [1.29, 1.82) is 0 Å². The van der Waals surface area contributed by atoms with Crippen molar-refractivity contribution < 1.29 is 9.90 Å². The average Bonchev–Trinajstić information content (AvgIpc) is 1.98. The number of carbonyl (C=O) groups is 1. The average molecular weight is 213 g/mol. The molecule has 0 saturated heterocycles. The third-order valence-corrected chi connectivity index (χ3v) is 2.23. The molecule has 0 aliphatic carbocycles. The van der Waals surface area contributed by atoms with Crippen molar-refractivity contribution in [2.45, 2.75) is 37.5 Å². The van der Waals surface area contributed by atoms with Crippen LogP contribution in [-0.4, -0.2) is 22.3 Å². The Labute approximate surface area is 82.9 Å². The van der Waals surface area contributed by atoms with Gasteiger partial charge in [0.15, 0.2) is 0 Å². The highest BCUT2D eigenvalue weighted by molar-refractivity contribution is 6.22. The van der Waals surface area contributed by atoms with Gasteiger partial charge in [-0.1, -0.05) is 6.42 Å². The van der Waals surface area contributed by atoms with Crippen molar-refractivity contribution in [3.05, 3.63) is 0 Å². The molecule has 0 aliphatic rings. The zero-order valence-electron chi connectivity index (χ0n) is 6.93. The molecule has 0 rings (SSSR count). The second-order valence-electron chi connectivity index (χ2n) is 2.71. The molecule has 12 heavy (non-hydrogen) atoms. The first-order chi connectivity index (χ1) is 5.66. The maximum absolute atomic E-state index is 10.1. The highest BCUT2D eigenvalue weighted by atomic mass is 35.5. The molecule has 0 aromatic heterocycles. The van der Waals surface area contributed by atoms with E-state index >= 15 is 0 Å². The van der Waals surface area contributed by atoms with Gasteiger partial charge in [0.2, 0.25) is 0 Å². The number of aliphatic carboxylic acids is 1. The minimum absolute atomic E-state index is 0.108. The van der Waals surface area contributed by atoms with E-state index in [0.29, 0.717) is 12.3 Å². The first-order valence-corrected chi connectivity index (χ1v) is 5.05. The summed E-state index contributed by atoms with van der Waals surface area (Å²) in [6, 6.07) is 0. The fraction of sp³-hybridized carbons (Fsp3) is 0.875. The van der Waals surface area contributed by atoms with Gasteiger partial charge in [0.05, 0.1) is 0 Å². The van der Waals surface area contributed by atoms with Crippen molar-refractivity contribution in [2.24, 2.45) is 0 Å². The summed E-state index contributed by atoms with van der Waals surface area (Å²) in [7, 11) is 0. The Bertz CT molecular complexity index is 128. The maximum Gasteiger partial charge on any atom is 0.303 e. The van der Waals surface area contributed by atoms with E-state index in [1.165, 1.54) is 0 Å². The maximum atomic E-state index is 10.1. The fourth-order valence-electron chi connectivity index (χ4n) is 0.905. The van der Waals surface area contributed by atoms with Gasteiger partial charge in [-0.2, -0.15) is 0 Å². The number of unbranched alkanes of at least 4 members (excludes halogenated alkanes) is 1. The number of halogens is 2. The topological polar surface area (TPSA) is 37.3 Å². The number of hydrogen-bond acceptors (Lipinski definition) is 1. The molecule has 0 bridgehead atoms. The van der Waals surface area contributed by atoms with Gasteiger partial charge < -0.3 is 5.11 Å². The van der Waals surface area contributed by atoms with Crippen molar-refractivity contribution >= 4 is 29.2 Å². The third-order valence-electron chi connectivity index (χ3n) is 1.58. The number of carboxylic acid groups (broad SMARTS) is 1. The Morgan fingerprint density at radius 3 is 2.50 bits per heavy atom. The van der Waals surface area contributed by atoms with Gasteiger partial charge in [0, 0.05) is 17.7 Å². The van der Waals surface area contributed by atoms with E-state index in [2.05, 4.69) is 0 Å². The van der Waals surface area contributed by atoms with E-state index < -0.39 is 5.97 Å². The number of carboxylic acids is 1. The van der Waals surface area contributed by atoms with Gasteiger partial charge in [-0.3, -0.25) is 4.79 Å². The van der Waals surface area contributed by atoms with Crippen LogP contribution in [0.2, 0.25) is 0 Å². The molecule has 0 heterocycles. The summed E-state index contributed by atoms with van der Waals surface area (Å²) in [4.78, 5) is 10.1. The second kappa shape index (κ2) is 7.69. The van der Waals surface area contributed by atoms with E-state index in [9.17, 15) is 4.79 Å². The van der Waals surface area contributed by atoms with Gasteiger partial charge in [-0.05, 0) is 19.3 Å². The minimum atomic E-state index is -0.738. The second-order valence-corrected chi connectivity index (χ2v) is 3.71. The zero-order valence-corrected chi connectivity index (χ0v) is 8.44. The van der Waals surface area contributed by atoms with E-state index in [1.54, 1.807) is 0 Å². The fourth-order valence-corrected chi connectivity index (χ4v) is 1.54. The summed E-state index contributed by atoms with van der Waals surface area (Å²) in [6.45, 7) is 0. The summed E-state index contributed by atoms with van der Waals surface area (Å²) >= 11 is 11.3. The van der Waals surface area contributed by atoms with Crippen LogP contribution >= 0.6 is 23.2 Å². The smallest absolute Gasteiger partial charge is 0.303 e. The van der Waals surface area contributed by atoms with Crippen LogP contribution in [0.15, 0.2) is 0 Å². The van der Waals surface area contributed by atoms with Crippen LogP contribution in [0.25, 0.3) is 0 Å². The Morgan fingerprint density at radius 2 is 2.00 bits per heavy atom. The highest BCUT2D eigenvalue weighted by Gasteiger charge is 2.03. The molecular formula is C8H14Cl2O2. The van der Waals surface area contributed by atoms with Crippen molar-refractivity contribution in [2.75, 3.05) is 5.88 Å². The monoisotopic (exact) mass is 212 g/mol. The molecule has 1 atom stereocenters. The van der Waals surface area contributed by atoms with E-state index in [1.807, 2.05) is 0 Å². The van der Waals surface area contributed by atoms with Crippen LogP contribution in [-0.2, 0) is 4.79 Å². The van der Waals surface area contributed by atoms with Gasteiger partial charge in [0.25, 0.3) is 0 Å². The van der Waals surface area contributed by atoms with Crippen LogP contribution in [0.3, 0.4) is 0 Å². The predicted molar refractivity (Wildman–Crippen MR) is 51.1 cm³/mol. The molecule has 0 spiro atoms. The summed E-state index contributed by atoms with van der Waals surface area (Å²) in [5.74, 6) is -0.161. The Kier molecular flexibility index (Phi) is 7.72. The van der Waals surface area contributed by atoms with E-state index in [-0.39, 0.29) is 11.8 Å². The highest BCUT2D eigenvalue weighted by Crippen LogP contribution is 2.12. The normalized spacial score (nSPS) is 12.8. The quantitative estimate of drug-likeness (QED) is 0.521. The predicted octanol–water partition coefficient (Wildman–Crippen LogP) is 2.87. The van der Waals surface area contributed by atoms with Gasteiger partial charge in [-0.25, -0.2) is 0 Å². The molecular weight excluding hydrogens is 199 g/mol. The molecule has 0 unspecified atom stereocenters. The Hall–Kier alpha value is 0.0500. The van der Waals surface area contributed by atoms with Gasteiger partial charge in [-0.15, -0.1) is 23.2 Å². The Balaban J connectivity index is 3.13. The van der Waals surface area contributed by atoms with Gasteiger partial charge in [0.1, 0.15) is 0 Å². The lowest BCUT2D eigenvalue weighted by Crippen LogP contribution is -2.00. The van der Waals surface area contributed by atoms with Crippen LogP contribution in [0, 0.1) is 0 Å². The first-order valence-electron chi connectivity index (χ1n) is 4.08. The van der Waals surface area contributed by atoms with E-state index in [0.717, 1.165) is 19.3 Å². The summed E-state index contributed by atoms with van der Waals surface area (Å²) < 4.78 is 0.